The molecule has 0 spiro atoms. The van der Waals surface area contributed by atoms with Crippen molar-refractivity contribution in [3.05, 3.63) is 87.5 Å². The molecule has 2 unspecified atom stereocenters. The van der Waals surface area contributed by atoms with Crippen molar-refractivity contribution in [3.63, 3.8) is 0 Å². The molecule has 1 saturated heterocycles. The first-order valence-corrected chi connectivity index (χ1v) is 13.8. The highest BCUT2D eigenvalue weighted by Gasteiger charge is 2.60. The van der Waals surface area contributed by atoms with Crippen LogP contribution in [0.1, 0.15) is 45.8 Å². The molecule has 2 atom stereocenters. The zero-order valence-corrected chi connectivity index (χ0v) is 22.8. The first-order valence-electron chi connectivity index (χ1n) is 13.0. The molecule has 1 aliphatic heterocycles. The molecule has 198 valence electrons. The molecular formula is C30H28N4O4S. The molecule has 9 heteroatoms. The summed E-state index contributed by atoms with van der Waals surface area (Å²) in [5.41, 5.74) is 2.60. The number of benzene rings is 2. The number of rotatable bonds is 5. The summed E-state index contributed by atoms with van der Waals surface area (Å²) >= 11 is 1.26. The third-order valence-corrected chi connectivity index (χ3v) is 9.79. The van der Waals surface area contributed by atoms with E-state index in [1.54, 1.807) is 35.2 Å². The molecule has 2 aliphatic carbocycles. The number of nitrogens with zero attached hydrogens (tertiary/aromatic N) is 4. The second-order valence-corrected chi connectivity index (χ2v) is 12.0. The van der Waals surface area contributed by atoms with Crippen molar-refractivity contribution in [2.75, 3.05) is 4.90 Å². The third-order valence-electron chi connectivity index (χ3n) is 8.83. The first kappa shape index (κ1) is 25.3. The normalized spacial score (nSPS) is 26.8. The zero-order valence-electron chi connectivity index (χ0n) is 22.0. The molecule has 8 nitrogen and oxygen atoms in total. The van der Waals surface area contributed by atoms with Gasteiger partial charge in [-0.1, -0.05) is 51.1 Å². The highest BCUT2D eigenvalue weighted by atomic mass is 32.2. The zero-order chi connectivity index (χ0) is 27.4. The number of amides is 1. The summed E-state index contributed by atoms with van der Waals surface area (Å²) in [5.74, 6) is 1.35. The lowest BCUT2D eigenvalue weighted by Crippen LogP contribution is -2.32. The van der Waals surface area contributed by atoms with Crippen LogP contribution in [0.4, 0.5) is 11.4 Å². The predicted molar refractivity (Wildman–Crippen MR) is 154 cm³/mol. The molecule has 3 aliphatic rings. The highest BCUT2D eigenvalue weighted by molar-refractivity contribution is 8.19. The number of anilines is 1. The molecule has 2 saturated carbocycles. The van der Waals surface area contributed by atoms with Gasteiger partial charge in [-0.2, -0.15) is 5.10 Å². The van der Waals surface area contributed by atoms with E-state index in [4.69, 9.17) is 9.52 Å². The molecular weight excluding hydrogens is 512 g/mol. The average molecular weight is 541 g/mol. The van der Waals surface area contributed by atoms with E-state index in [1.807, 2.05) is 30.3 Å². The van der Waals surface area contributed by atoms with Crippen molar-refractivity contribution in [2.24, 2.45) is 27.0 Å². The van der Waals surface area contributed by atoms with Crippen molar-refractivity contribution < 1.29 is 14.1 Å². The summed E-state index contributed by atoms with van der Waals surface area (Å²) in [6, 6.07) is 19.2. The maximum atomic E-state index is 13.6. The highest BCUT2D eigenvalue weighted by Crippen LogP contribution is 2.64. The molecule has 1 aromatic heterocycles. The van der Waals surface area contributed by atoms with E-state index < -0.39 is 4.92 Å². The topological polar surface area (TPSA) is 101 Å². The number of nitro benzene ring substituents is 1. The van der Waals surface area contributed by atoms with Crippen LogP contribution in [-0.2, 0) is 4.79 Å². The smallest absolute Gasteiger partial charge is 0.271 e. The van der Waals surface area contributed by atoms with E-state index in [2.05, 4.69) is 25.9 Å². The van der Waals surface area contributed by atoms with Gasteiger partial charge in [0.1, 0.15) is 11.5 Å². The van der Waals surface area contributed by atoms with Crippen LogP contribution >= 0.6 is 11.8 Å². The van der Waals surface area contributed by atoms with E-state index in [0.717, 1.165) is 18.6 Å². The van der Waals surface area contributed by atoms with Gasteiger partial charge < -0.3 is 4.42 Å². The Balaban J connectivity index is 1.33. The molecule has 1 amide bonds. The van der Waals surface area contributed by atoms with E-state index in [1.165, 1.54) is 30.3 Å². The number of carbonyl (C=O) groups is 1. The average Bonchev–Trinajstić information content (AvgIpc) is 3.62. The summed E-state index contributed by atoms with van der Waals surface area (Å²) in [5, 5.41) is 21.1. The predicted octanol–water partition coefficient (Wildman–Crippen LogP) is 7.53. The number of nitro groups is 1. The molecule has 0 N–H and O–H groups in total. The van der Waals surface area contributed by atoms with Crippen LogP contribution in [0.5, 0.6) is 0 Å². The lowest BCUT2D eigenvalue weighted by Gasteiger charge is -2.34. The van der Waals surface area contributed by atoms with Gasteiger partial charge in [0.05, 0.1) is 15.5 Å². The Morgan fingerprint density at radius 2 is 1.87 bits per heavy atom. The standard InChI is InChI=1S/C30H28N4O4S/c1-29(2)20-14-15-30(29,3)26(17-20)31-32-28-33(21-9-5-4-6-10-21)27(35)25(39-28)18-23-12-13-24(38-23)19-8-7-11-22(16-19)34(36)37/h4-13,16,18,20H,14-15,17H2,1-3H3. The van der Waals surface area contributed by atoms with E-state index in [9.17, 15) is 14.9 Å². The SMILES string of the molecule is CC12CCC(CC1=NN=C1SC(=Cc3ccc(-c4cccc([N+](=O)[O-])c4)o3)C(=O)N1c1ccccc1)C2(C)C. The van der Waals surface area contributed by atoms with Crippen LogP contribution in [0.3, 0.4) is 0 Å². The van der Waals surface area contributed by atoms with Crippen LogP contribution in [0, 0.1) is 26.9 Å². The van der Waals surface area contributed by atoms with Gasteiger partial charge in [-0.15, -0.1) is 5.10 Å². The summed E-state index contributed by atoms with van der Waals surface area (Å²) in [4.78, 5) is 26.4. The number of carbonyl (C=O) groups excluding carboxylic acids is 1. The minimum absolute atomic E-state index is 0.0148. The molecule has 2 bridgehead atoms. The van der Waals surface area contributed by atoms with Gasteiger partial charge in [-0.3, -0.25) is 19.8 Å². The van der Waals surface area contributed by atoms with Crippen molar-refractivity contribution in [1.82, 2.24) is 0 Å². The fourth-order valence-corrected chi connectivity index (χ4v) is 6.93. The van der Waals surface area contributed by atoms with Gasteiger partial charge in [0.15, 0.2) is 0 Å². The molecule has 6 rings (SSSR count). The van der Waals surface area contributed by atoms with Crippen LogP contribution in [0.2, 0.25) is 0 Å². The second kappa shape index (κ2) is 9.34. The number of thioether (sulfide) groups is 1. The first-order chi connectivity index (χ1) is 18.7. The van der Waals surface area contributed by atoms with Crippen molar-refractivity contribution in [3.8, 4) is 11.3 Å². The molecule has 39 heavy (non-hydrogen) atoms. The Kier molecular flexibility index (Phi) is 6.06. The summed E-state index contributed by atoms with van der Waals surface area (Å²) < 4.78 is 5.95. The minimum Gasteiger partial charge on any atom is -0.457 e. The van der Waals surface area contributed by atoms with Crippen molar-refractivity contribution >= 4 is 46.0 Å². The van der Waals surface area contributed by atoms with Crippen LogP contribution in [-0.4, -0.2) is 21.7 Å². The Morgan fingerprint density at radius 1 is 1.08 bits per heavy atom. The second-order valence-electron chi connectivity index (χ2n) is 11.0. The Hall–Kier alpha value is -3.98. The lowest BCUT2D eigenvalue weighted by atomic mass is 9.70. The van der Waals surface area contributed by atoms with Gasteiger partial charge in [0.2, 0.25) is 5.17 Å². The lowest BCUT2D eigenvalue weighted by molar-refractivity contribution is -0.384. The van der Waals surface area contributed by atoms with E-state index in [-0.39, 0.29) is 22.4 Å². The van der Waals surface area contributed by atoms with E-state index in [0.29, 0.717) is 38.8 Å². The maximum Gasteiger partial charge on any atom is 0.271 e. The Morgan fingerprint density at radius 3 is 2.56 bits per heavy atom. The number of furan rings is 1. The fraction of sp³-hybridized carbons (Fsp3) is 0.300. The quantitative estimate of drug-likeness (QED) is 0.189. The fourth-order valence-electron chi connectivity index (χ4n) is 6.02. The number of hydrogen-bond acceptors (Lipinski definition) is 7. The summed E-state index contributed by atoms with van der Waals surface area (Å²) in [7, 11) is 0. The molecule has 3 fully saturated rings. The molecule has 2 aromatic carbocycles. The van der Waals surface area contributed by atoms with Gasteiger partial charge in [0, 0.05) is 34.9 Å². The number of para-hydroxylation sites is 1. The maximum absolute atomic E-state index is 13.6. The van der Waals surface area contributed by atoms with Crippen LogP contribution in [0.25, 0.3) is 17.4 Å². The molecule has 0 radical (unpaired) electrons. The summed E-state index contributed by atoms with van der Waals surface area (Å²) in [6.07, 6.45) is 4.96. The minimum atomic E-state index is -0.441. The molecule has 3 aromatic rings. The Labute approximate surface area is 230 Å². The number of amidine groups is 1. The molecule has 2 heterocycles. The number of non-ortho nitro benzene ring substituents is 1. The van der Waals surface area contributed by atoms with Gasteiger partial charge in [-0.25, -0.2) is 0 Å². The van der Waals surface area contributed by atoms with Gasteiger partial charge >= 0.3 is 0 Å². The van der Waals surface area contributed by atoms with Crippen molar-refractivity contribution in [1.29, 1.82) is 0 Å². The van der Waals surface area contributed by atoms with Gasteiger partial charge in [-0.05, 0) is 66.6 Å². The third kappa shape index (κ3) is 4.21. The Bertz CT molecular complexity index is 1570. The van der Waals surface area contributed by atoms with Gasteiger partial charge in [0.25, 0.3) is 11.6 Å². The van der Waals surface area contributed by atoms with E-state index >= 15 is 0 Å². The number of hydrogen-bond donors (Lipinski definition) is 0. The monoisotopic (exact) mass is 540 g/mol. The summed E-state index contributed by atoms with van der Waals surface area (Å²) in [6.45, 7) is 6.95. The van der Waals surface area contributed by atoms with Crippen LogP contribution < -0.4 is 4.90 Å². The van der Waals surface area contributed by atoms with Crippen molar-refractivity contribution in [2.45, 2.75) is 40.0 Å². The largest absolute Gasteiger partial charge is 0.457 e. The number of fused-ring (bicyclic) bond motifs is 2. The van der Waals surface area contributed by atoms with Crippen LogP contribution in [0.15, 0.2) is 86.3 Å².